The van der Waals surface area contributed by atoms with E-state index in [9.17, 15) is 0 Å². The van der Waals surface area contributed by atoms with Crippen LogP contribution in [0.5, 0.6) is 11.5 Å². The molecule has 6 heteroatoms. The third kappa shape index (κ3) is 2.10. The summed E-state index contributed by atoms with van der Waals surface area (Å²) in [4.78, 5) is 0. The van der Waals surface area contributed by atoms with E-state index in [1.165, 1.54) is 0 Å². The van der Waals surface area contributed by atoms with Gasteiger partial charge < -0.3 is 24.5 Å². The van der Waals surface area contributed by atoms with Gasteiger partial charge in [-0.3, -0.25) is 0 Å². The summed E-state index contributed by atoms with van der Waals surface area (Å²) in [5, 5.41) is 3.71. The van der Waals surface area contributed by atoms with Crippen LogP contribution < -0.4 is 15.2 Å². The van der Waals surface area contributed by atoms with Crippen molar-refractivity contribution in [1.82, 2.24) is 5.16 Å². The summed E-state index contributed by atoms with van der Waals surface area (Å²) in [5.74, 6) is 2.22. The molecule has 2 aromatic rings. The molecule has 3 rings (SSSR count). The number of methoxy groups -OCH3 is 1. The number of rotatable bonds is 3. The Bertz CT molecular complexity index is 594. The molecular weight excluding hydrogens is 248 g/mol. The maximum atomic E-state index is 5.70. The Morgan fingerprint density at radius 2 is 2.16 bits per heavy atom. The molecule has 1 aromatic carbocycles. The molecule has 2 heterocycles. The SMILES string of the molecule is COCc1ccc2c(c1-c1cc(N)no1)OCCO2. The number of fused-ring (bicyclic) bond motifs is 1. The van der Waals surface area contributed by atoms with Gasteiger partial charge in [-0.15, -0.1) is 0 Å². The van der Waals surface area contributed by atoms with Crippen LogP contribution in [0.15, 0.2) is 22.7 Å². The van der Waals surface area contributed by atoms with Crippen LogP contribution in [0.4, 0.5) is 5.82 Å². The first-order valence-electron chi connectivity index (χ1n) is 5.92. The van der Waals surface area contributed by atoms with Crippen LogP contribution in [-0.4, -0.2) is 25.5 Å². The molecule has 0 saturated carbocycles. The number of aromatic nitrogens is 1. The average molecular weight is 262 g/mol. The predicted molar refractivity (Wildman–Crippen MR) is 68.1 cm³/mol. The molecule has 1 aliphatic heterocycles. The summed E-state index contributed by atoms with van der Waals surface area (Å²) in [5.41, 5.74) is 7.32. The van der Waals surface area contributed by atoms with Gasteiger partial charge in [0.2, 0.25) is 0 Å². The average Bonchev–Trinajstić information content (AvgIpc) is 2.85. The molecule has 1 aromatic heterocycles. The fourth-order valence-corrected chi connectivity index (χ4v) is 2.11. The normalized spacial score (nSPS) is 13.5. The van der Waals surface area contributed by atoms with E-state index in [1.54, 1.807) is 13.2 Å². The number of hydrogen-bond donors (Lipinski definition) is 1. The van der Waals surface area contributed by atoms with E-state index in [0.29, 0.717) is 42.9 Å². The molecule has 0 bridgehead atoms. The molecule has 1 aliphatic rings. The lowest BCUT2D eigenvalue weighted by atomic mass is 10.0. The molecule has 100 valence electrons. The van der Waals surface area contributed by atoms with Gasteiger partial charge in [0, 0.05) is 13.2 Å². The van der Waals surface area contributed by atoms with Gasteiger partial charge in [0.05, 0.1) is 12.2 Å². The fraction of sp³-hybridized carbons (Fsp3) is 0.308. The van der Waals surface area contributed by atoms with Crippen LogP contribution >= 0.6 is 0 Å². The Morgan fingerprint density at radius 1 is 1.32 bits per heavy atom. The lowest BCUT2D eigenvalue weighted by Gasteiger charge is -2.22. The van der Waals surface area contributed by atoms with Gasteiger partial charge in [-0.25, -0.2) is 0 Å². The number of benzene rings is 1. The fourth-order valence-electron chi connectivity index (χ4n) is 2.11. The first-order valence-corrected chi connectivity index (χ1v) is 5.92. The summed E-state index contributed by atoms with van der Waals surface area (Å²) in [6.07, 6.45) is 0. The zero-order valence-electron chi connectivity index (χ0n) is 10.5. The molecule has 0 aliphatic carbocycles. The minimum atomic E-state index is 0.327. The van der Waals surface area contributed by atoms with E-state index in [4.69, 9.17) is 24.5 Å². The van der Waals surface area contributed by atoms with Crippen LogP contribution in [0.3, 0.4) is 0 Å². The lowest BCUT2D eigenvalue weighted by molar-refractivity contribution is 0.168. The molecular formula is C13H14N2O4. The first-order chi connectivity index (χ1) is 9.29. The molecule has 0 spiro atoms. The van der Waals surface area contributed by atoms with Crippen molar-refractivity contribution in [2.45, 2.75) is 6.61 Å². The predicted octanol–water partition coefficient (Wildman–Crippen LogP) is 1.84. The van der Waals surface area contributed by atoms with Gasteiger partial charge in [0.15, 0.2) is 23.1 Å². The zero-order valence-corrected chi connectivity index (χ0v) is 10.5. The number of nitrogens with zero attached hydrogens (tertiary/aromatic N) is 1. The zero-order chi connectivity index (χ0) is 13.2. The Kier molecular flexibility index (Phi) is 3.00. The second-order valence-corrected chi connectivity index (χ2v) is 4.17. The summed E-state index contributed by atoms with van der Waals surface area (Å²) in [6, 6.07) is 5.45. The quantitative estimate of drug-likeness (QED) is 0.909. The Labute approximate surface area is 110 Å². The van der Waals surface area contributed by atoms with Gasteiger partial charge in [0.25, 0.3) is 0 Å². The third-order valence-corrected chi connectivity index (χ3v) is 2.87. The second-order valence-electron chi connectivity index (χ2n) is 4.17. The van der Waals surface area contributed by atoms with Crippen LogP contribution in [0, 0.1) is 0 Å². The highest BCUT2D eigenvalue weighted by Gasteiger charge is 2.23. The molecule has 2 N–H and O–H groups in total. The topological polar surface area (TPSA) is 79.7 Å². The minimum absolute atomic E-state index is 0.327. The van der Waals surface area contributed by atoms with Gasteiger partial charge in [-0.05, 0) is 11.6 Å². The molecule has 19 heavy (non-hydrogen) atoms. The third-order valence-electron chi connectivity index (χ3n) is 2.87. The van der Waals surface area contributed by atoms with E-state index in [2.05, 4.69) is 5.16 Å². The van der Waals surface area contributed by atoms with Crippen molar-refractivity contribution >= 4 is 5.82 Å². The van der Waals surface area contributed by atoms with Crippen molar-refractivity contribution in [3.8, 4) is 22.8 Å². The maximum Gasteiger partial charge on any atom is 0.173 e. The molecule has 0 amide bonds. The second kappa shape index (κ2) is 4.81. The highest BCUT2D eigenvalue weighted by molar-refractivity contribution is 5.75. The van der Waals surface area contributed by atoms with Crippen molar-refractivity contribution in [1.29, 1.82) is 0 Å². The Hall–Kier alpha value is -2.21. The minimum Gasteiger partial charge on any atom is -0.486 e. The molecule has 0 saturated heterocycles. The van der Waals surface area contributed by atoms with Gasteiger partial charge in [0.1, 0.15) is 13.2 Å². The van der Waals surface area contributed by atoms with E-state index >= 15 is 0 Å². The number of nitrogens with two attached hydrogens (primary N) is 1. The molecule has 6 nitrogen and oxygen atoms in total. The van der Waals surface area contributed by atoms with E-state index < -0.39 is 0 Å². The summed E-state index contributed by atoms with van der Waals surface area (Å²) in [6.45, 7) is 1.47. The first kappa shape index (κ1) is 11.9. The van der Waals surface area contributed by atoms with Crippen molar-refractivity contribution in [3.63, 3.8) is 0 Å². The van der Waals surface area contributed by atoms with Crippen molar-refractivity contribution < 1.29 is 18.7 Å². The van der Waals surface area contributed by atoms with Gasteiger partial charge >= 0.3 is 0 Å². The molecule has 0 radical (unpaired) electrons. The number of hydrogen-bond acceptors (Lipinski definition) is 6. The van der Waals surface area contributed by atoms with Crippen LogP contribution in [-0.2, 0) is 11.3 Å². The maximum absolute atomic E-state index is 5.70. The largest absolute Gasteiger partial charge is 0.486 e. The molecule has 0 atom stereocenters. The summed E-state index contributed by atoms with van der Waals surface area (Å²) in [7, 11) is 1.63. The molecule has 0 unspecified atom stereocenters. The van der Waals surface area contributed by atoms with Gasteiger partial charge in [-0.1, -0.05) is 11.2 Å². The lowest BCUT2D eigenvalue weighted by Crippen LogP contribution is -2.16. The standard InChI is InChI=1S/C13H14N2O4/c1-16-7-8-2-3-9-13(18-5-4-17-9)12(8)10-6-11(14)15-19-10/h2-3,6H,4-5,7H2,1H3,(H2,14,15). The Balaban J connectivity index is 2.17. The van der Waals surface area contributed by atoms with Crippen LogP contribution in [0.2, 0.25) is 0 Å². The monoisotopic (exact) mass is 262 g/mol. The van der Waals surface area contributed by atoms with Crippen LogP contribution in [0.1, 0.15) is 5.56 Å². The van der Waals surface area contributed by atoms with E-state index in [0.717, 1.165) is 11.1 Å². The number of nitrogen functional groups attached to an aromatic ring is 1. The van der Waals surface area contributed by atoms with Crippen molar-refractivity contribution in [2.24, 2.45) is 0 Å². The number of ether oxygens (including phenoxy) is 3. The van der Waals surface area contributed by atoms with E-state index in [-0.39, 0.29) is 0 Å². The Morgan fingerprint density at radius 3 is 2.89 bits per heavy atom. The van der Waals surface area contributed by atoms with E-state index in [1.807, 2.05) is 12.1 Å². The summed E-state index contributed by atoms with van der Waals surface area (Å²) < 4.78 is 21.7. The summed E-state index contributed by atoms with van der Waals surface area (Å²) >= 11 is 0. The van der Waals surface area contributed by atoms with Gasteiger partial charge in [-0.2, -0.15) is 0 Å². The highest BCUT2D eigenvalue weighted by atomic mass is 16.6. The number of anilines is 1. The van der Waals surface area contributed by atoms with Crippen LogP contribution in [0.25, 0.3) is 11.3 Å². The molecule has 0 fully saturated rings. The highest BCUT2D eigenvalue weighted by Crippen LogP contribution is 2.42. The van der Waals surface area contributed by atoms with Crippen molar-refractivity contribution in [2.75, 3.05) is 26.1 Å². The van der Waals surface area contributed by atoms with Crippen molar-refractivity contribution in [3.05, 3.63) is 23.8 Å². The smallest absolute Gasteiger partial charge is 0.173 e.